The zero-order chi connectivity index (χ0) is 13.0. The first kappa shape index (κ1) is 13.0. The van der Waals surface area contributed by atoms with Crippen molar-refractivity contribution in [3.05, 3.63) is 40.4 Å². The zero-order valence-corrected chi connectivity index (χ0v) is 11.7. The Kier molecular flexibility index (Phi) is 4.33. The van der Waals surface area contributed by atoms with Gasteiger partial charge in [-0.3, -0.25) is 0 Å². The van der Waals surface area contributed by atoms with E-state index in [1.165, 1.54) is 6.33 Å². The van der Waals surface area contributed by atoms with Crippen LogP contribution >= 0.6 is 15.9 Å². The zero-order valence-electron chi connectivity index (χ0n) is 10.1. The second kappa shape index (κ2) is 5.97. The molecule has 0 aliphatic rings. The Labute approximate surface area is 114 Å². The molecule has 0 unspecified atom stereocenters. The number of halogens is 1. The summed E-state index contributed by atoms with van der Waals surface area (Å²) in [7, 11) is 0. The summed E-state index contributed by atoms with van der Waals surface area (Å²) in [6, 6.07) is 5.79. The lowest BCUT2D eigenvalue weighted by Gasteiger charge is -2.10. The average molecular weight is 311 g/mol. The Hall–Kier alpha value is -1.40. The van der Waals surface area contributed by atoms with E-state index >= 15 is 0 Å². The van der Waals surface area contributed by atoms with Crippen molar-refractivity contribution in [2.75, 3.05) is 0 Å². The van der Waals surface area contributed by atoms with Crippen LogP contribution in [0.3, 0.4) is 0 Å². The van der Waals surface area contributed by atoms with Crippen LogP contribution in [0.4, 0.5) is 0 Å². The molecule has 0 saturated heterocycles. The molecular weight excluding hydrogens is 296 g/mol. The molecule has 0 fully saturated rings. The van der Waals surface area contributed by atoms with E-state index in [0.717, 1.165) is 28.2 Å². The standard InChI is InChI=1S/C12H15BrN4O/c1-2-17-12(15-8-16-17)7-18-11-4-3-10(13)5-9(11)6-14/h3-5,8H,2,6-7,14H2,1H3. The number of aromatic nitrogens is 3. The fourth-order valence-corrected chi connectivity index (χ4v) is 2.06. The summed E-state index contributed by atoms with van der Waals surface area (Å²) in [6.45, 7) is 3.63. The topological polar surface area (TPSA) is 66.0 Å². The molecule has 6 heteroatoms. The molecule has 2 N–H and O–H groups in total. The van der Waals surface area contributed by atoms with Crippen LogP contribution < -0.4 is 10.5 Å². The van der Waals surface area contributed by atoms with E-state index in [2.05, 4.69) is 26.0 Å². The van der Waals surface area contributed by atoms with Gasteiger partial charge in [0.05, 0.1) is 0 Å². The molecule has 0 aliphatic heterocycles. The Balaban J connectivity index is 2.10. The monoisotopic (exact) mass is 310 g/mol. The van der Waals surface area contributed by atoms with Crippen molar-refractivity contribution >= 4 is 15.9 Å². The van der Waals surface area contributed by atoms with Crippen LogP contribution in [0.15, 0.2) is 29.0 Å². The van der Waals surface area contributed by atoms with E-state index in [-0.39, 0.29) is 0 Å². The highest BCUT2D eigenvalue weighted by atomic mass is 79.9. The van der Waals surface area contributed by atoms with Gasteiger partial charge in [0.15, 0.2) is 5.82 Å². The van der Waals surface area contributed by atoms with Crippen LogP contribution in [-0.2, 0) is 19.7 Å². The van der Waals surface area contributed by atoms with E-state index < -0.39 is 0 Å². The maximum absolute atomic E-state index is 5.75. The quantitative estimate of drug-likeness (QED) is 0.918. The van der Waals surface area contributed by atoms with Gasteiger partial charge >= 0.3 is 0 Å². The van der Waals surface area contributed by atoms with E-state index in [1.54, 1.807) is 4.68 Å². The van der Waals surface area contributed by atoms with Crippen LogP contribution in [0.1, 0.15) is 18.3 Å². The number of hydrogen-bond acceptors (Lipinski definition) is 4. The van der Waals surface area contributed by atoms with E-state index in [0.29, 0.717) is 13.2 Å². The Morgan fingerprint density at radius 3 is 3.00 bits per heavy atom. The van der Waals surface area contributed by atoms with Crippen LogP contribution in [0.2, 0.25) is 0 Å². The van der Waals surface area contributed by atoms with Crippen molar-refractivity contribution in [3.63, 3.8) is 0 Å². The van der Waals surface area contributed by atoms with Gasteiger partial charge in [-0.05, 0) is 25.1 Å². The number of ether oxygens (including phenoxy) is 1. The summed E-state index contributed by atoms with van der Waals surface area (Å²) < 4.78 is 8.54. The van der Waals surface area contributed by atoms with E-state index in [4.69, 9.17) is 10.5 Å². The predicted octanol–water partition coefficient (Wildman–Crippen LogP) is 2.10. The molecule has 2 aromatic rings. The highest BCUT2D eigenvalue weighted by molar-refractivity contribution is 9.10. The third-order valence-electron chi connectivity index (χ3n) is 2.59. The van der Waals surface area contributed by atoms with Crippen molar-refractivity contribution in [1.29, 1.82) is 0 Å². The summed E-state index contributed by atoms with van der Waals surface area (Å²) in [4.78, 5) is 4.16. The SMILES string of the molecule is CCn1ncnc1COc1ccc(Br)cc1CN. The van der Waals surface area contributed by atoms with Gasteiger partial charge in [0.25, 0.3) is 0 Å². The van der Waals surface area contributed by atoms with Gasteiger partial charge in [-0.2, -0.15) is 5.10 Å². The number of benzene rings is 1. The van der Waals surface area contributed by atoms with Gasteiger partial charge in [-0.15, -0.1) is 0 Å². The summed E-state index contributed by atoms with van der Waals surface area (Å²) in [6.07, 6.45) is 1.54. The predicted molar refractivity (Wildman–Crippen MR) is 72.1 cm³/mol. The van der Waals surface area contributed by atoms with Crippen molar-refractivity contribution in [1.82, 2.24) is 14.8 Å². The van der Waals surface area contributed by atoms with Crippen molar-refractivity contribution < 1.29 is 4.74 Å². The van der Waals surface area contributed by atoms with Crippen molar-refractivity contribution in [2.45, 2.75) is 26.6 Å². The molecule has 0 bridgehead atoms. The number of nitrogens with two attached hydrogens (primary N) is 1. The van der Waals surface area contributed by atoms with Gasteiger partial charge in [-0.1, -0.05) is 15.9 Å². The second-order valence-electron chi connectivity index (χ2n) is 3.74. The molecule has 5 nitrogen and oxygen atoms in total. The fraction of sp³-hybridized carbons (Fsp3) is 0.333. The average Bonchev–Trinajstić information content (AvgIpc) is 2.84. The Bertz CT molecular complexity index is 527. The third kappa shape index (κ3) is 2.88. The minimum absolute atomic E-state index is 0.391. The highest BCUT2D eigenvalue weighted by Gasteiger charge is 2.07. The van der Waals surface area contributed by atoms with Gasteiger partial charge in [-0.25, -0.2) is 9.67 Å². The molecule has 0 amide bonds. The highest BCUT2D eigenvalue weighted by Crippen LogP contribution is 2.23. The molecule has 0 spiro atoms. The largest absolute Gasteiger partial charge is 0.485 e. The van der Waals surface area contributed by atoms with Crippen LogP contribution in [0, 0.1) is 0 Å². The van der Waals surface area contributed by atoms with Gasteiger partial charge < -0.3 is 10.5 Å². The fourth-order valence-electron chi connectivity index (χ4n) is 1.65. The molecule has 2 rings (SSSR count). The number of rotatable bonds is 5. The minimum atomic E-state index is 0.391. The lowest BCUT2D eigenvalue weighted by molar-refractivity contribution is 0.284. The van der Waals surface area contributed by atoms with E-state index in [9.17, 15) is 0 Å². The maximum Gasteiger partial charge on any atom is 0.164 e. The molecule has 0 aliphatic carbocycles. The van der Waals surface area contributed by atoms with Crippen LogP contribution in [-0.4, -0.2) is 14.8 Å². The molecule has 1 aromatic carbocycles. The molecule has 18 heavy (non-hydrogen) atoms. The summed E-state index contributed by atoms with van der Waals surface area (Å²) in [5.74, 6) is 1.59. The smallest absolute Gasteiger partial charge is 0.164 e. The molecule has 1 heterocycles. The Morgan fingerprint density at radius 1 is 1.44 bits per heavy atom. The number of hydrogen-bond donors (Lipinski definition) is 1. The molecular formula is C12H15BrN4O. The van der Waals surface area contributed by atoms with Crippen molar-refractivity contribution in [2.24, 2.45) is 5.73 Å². The first-order valence-electron chi connectivity index (χ1n) is 5.72. The Morgan fingerprint density at radius 2 is 2.28 bits per heavy atom. The summed E-state index contributed by atoms with van der Waals surface area (Å²) in [5.41, 5.74) is 6.66. The molecule has 1 aromatic heterocycles. The second-order valence-corrected chi connectivity index (χ2v) is 4.65. The normalized spacial score (nSPS) is 10.6. The molecule has 0 atom stereocenters. The van der Waals surface area contributed by atoms with Gasteiger partial charge in [0, 0.05) is 23.1 Å². The maximum atomic E-state index is 5.75. The van der Waals surface area contributed by atoms with Crippen LogP contribution in [0.25, 0.3) is 0 Å². The van der Waals surface area contributed by atoms with E-state index in [1.807, 2.05) is 25.1 Å². The summed E-state index contributed by atoms with van der Waals surface area (Å²) >= 11 is 3.41. The molecule has 0 saturated carbocycles. The first-order valence-corrected chi connectivity index (χ1v) is 6.52. The number of nitrogens with zero attached hydrogens (tertiary/aromatic N) is 3. The number of aryl methyl sites for hydroxylation is 1. The first-order chi connectivity index (χ1) is 8.74. The molecule has 0 radical (unpaired) electrons. The minimum Gasteiger partial charge on any atom is -0.485 e. The summed E-state index contributed by atoms with van der Waals surface area (Å²) in [5, 5.41) is 4.10. The lowest BCUT2D eigenvalue weighted by atomic mass is 10.2. The van der Waals surface area contributed by atoms with Crippen molar-refractivity contribution in [3.8, 4) is 5.75 Å². The molecule has 96 valence electrons. The lowest BCUT2D eigenvalue weighted by Crippen LogP contribution is -2.08. The van der Waals surface area contributed by atoms with Gasteiger partial charge in [0.2, 0.25) is 0 Å². The third-order valence-corrected chi connectivity index (χ3v) is 3.09. The van der Waals surface area contributed by atoms with Gasteiger partial charge in [0.1, 0.15) is 18.7 Å². The van der Waals surface area contributed by atoms with Crippen LogP contribution in [0.5, 0.6) is 5.75 Å².